The normalized spacial score (nSPS) is 11.6. The molecule has 0 unspecified atom stereocenters. The summed E-state index contributed by atoms with van der Waals surface area (Å²) in [6, 6.07) is 13.6. The SMILES string of the molecule is CC[C@H](NC(=O)Cc1ccccc1[N+](=O)[O-])c1ccc(OC)cc1. The van der Waals surface area contributed by atoms with Crippen LogP contribution in [0.3, 0.4) is 0 Å². The molecule has 2 aromatic carbocycles. The Morgan fingerprint density at radius 1 is 1.21 bits per heavy atom. The summed E-state index contributed by atoms with van der Waals surface area (Å²) in [6.45, 7) is 1.97. The Kier molecular flexibility index (Phi) is 5.89. The molecular weight excluding hydrogens is 308 g/mol. The molecule has 24 heavy (non-hydrogen) atoms. The van der Waals surface area contributed by atoms with E-state index < -0.39 is 4.92 Å². The van der Waals surface area contributed by atoms with Gasteiger partial charge in [0.25, 0.3) is 5.69 Å². The molecule has 0 fully saturated rings. The van der Waals surface area contributed by atoms with Gasteiger partial charge >= 0.3 is 0 Å². The lowest BCUT2D eigenvalue weighted by atomic mass is 10.0. The minimum Gasteiger partial charge on any atom is -0.497 e. The van der Waals surface area contributed by atoms with Crippen LogP contribution in [-0.2, 0) is 11.2 Å². The van der Waals surface area contributed by atoms with Crippen molar-refractivity contribution in [1.29, 1.82) is 0 Å². The molecule has 0 saturated carbocycles. The van der Waals surface area contributed by atoms with Crippen LogP contribution in [0.5, 0.6) is 5.75 Å². The summed E-state index contributed by atoms with van der Waals surface area (Å²) in [5.41, 5.74) is 1.34. The first kappa shape index (κ1) is 17.5. The molecule has 2 aromatic rings. The van der Waals surface area contributed by atoms with E-state index >= 15 is 0 Å². The highest BCUT2D eigenvalue weighted by Crippen LogP contribution is 2.21. The fourth-order valence-electron chi connectivity index (χ4n) is 2.51. The van der Waals surface area contributed by atoms with Crippen molar-refractivity contribution in [2.75, 3.05) is 7.11 Å². The van der Waals surface area contributed by atoms with Crippen LogP contribution in [0.4, 0.5) is 5.69 Å². The summed E-state index contributed by atoms with van der Waals surface area (Å²) < 4.78 is 5.13. The molecule has 1 atom stereocenters. The van der Waals surface area contributed by atoms with Crippen LogP contribution < -0.4 is 10.1 Å². The molecule has 6 nitrogen and oxygen atoms in total. The quantitative estimate of drug-likeness (QED) is 0.624. The number of nitrogens with one attached hydrogen (secondary N) is 1. The highest BCUT2D eigenvalue weighted by atomic mass is 16.6. The summed E-state index contributed by atoms with van der Waals surface area (Å²) in [6.07, 6.45) is 0.693. The first-order chi connectivity index (χ1) is 11.5. The second kappa shape index (κ2) is 8.10. The Labute approximate surface area is 140 Å². The maximum atomic E-state index is 12.3. The smallest absolute Gasteiger partial charge is 0.273 e. The molecule has 0 saturated heterocycles. The van der Waals surface area contributed by atoms with E-state index in [2.05, 4.69) is 5.32 Å². The summed E-state index contributed by atoms with van der Waals surface area (Å²) in [5, 5.41) is 14.0. The Morgan fingerprint density at radius 3 is 2.46 bits per heavy atom. The third-order valence-electron chi connectivity index (χ3n) is 3.80. The number of amides is 1. The molecule has 0 aliphatic carbocycles. The Hall–Kier alpha value is -2.89. The minimum absolute atomic E-state index is 0.0240. The topological polar surface area (TPSA) is 81.5 Å². The van der Waals surface area contributed by atoms with Gasteiger partial charge in [0.15, 0.2) is 0 Å². The lowest BCUT2D eigenvalue weighted by Crippen LogP contribution is -2.29. The van der Waals surface area contributed by atoms with Crippen LogP contribution in [0.2, 0.25) is 0 Å². The van der Waals surface area contributed by atoms with Gasteiger partial charge in [-0.2, -0.15) is 0 Å². The largest absolute Gasteiger partial charge is 0.497 e. The van der Waals surface area contributed by atoms with Gasteiger partial charge in [-0.15, -0.1) is 0 Å². The van der Waals surface area contributed by atoms with E-state index in [1.807, 2.05) is 31.2 Å². The van der Waals surface area contributed by atoms with Crippen molar-refractivity contribution < 1.29 is 14.5 Å². The van der Waals surface area contributed by atoms with Crippen LogP contribution in [0.15, 0.2) is 48.5 Å². The predicted octanol–water partition coefficient (Wildman–Crippen LogP) is 3.41. The Morgan fingerprint density at radius 2 is 1.88 bits per heavy atom. The van der Waals surface area contributed by atoms with Crippen LogP contribution in [0.1, 0.15) is 30.5 Å². The van der Waals surface area contributed by atoms with E-state index in [-0.39, 0.29) is 24.1 Å². The summed E-state index contributed by atoms with van der Waals surface area (Å²) in [7, 11) is 1.60. The molecule has 0 aliphatic heterocycles. The van der Waals surface area contributed by atoms with E-state index in [0.717, 1.165) is 17.7 Å². The number of carbonyl (C=O) groups is 1. The van der Waals surface area contributed by atoms with Crippen molar-refractivity contribution >= 4 is 11.6 Å². The Bertz CT molecular complexity index is 713. The number of nitro benzene ring substituents is 1. The molecule has 1 amide bonds. The van der Waals surface area contributed by atoms with Gasteiger partial charge in [-0.1, -0.05) is 37.3 Å². The molecule has 0 heterocycles. The molecule has 0 aliphatic rings. The summed E-state index contributed by atoms with van der Waals surface area (Å²) in [5.74, 6) is 0.506. The van der Waals surface area contributed by atoms with Gasteiger partial charge < -0.3 is 10.1 Å². The highest BCUT2D eigenvalue weighted by molar-refractivity contribution is 5.80. The van der Waals surface area contributed by atoms with E-state index in [0.29, 0.717) is 5.56 Å². The number of rotatable bonds is 7. The van der Waals surface area contributed by atoms with Gasteiger partial charge in [-0.05, 0) is 24.1 Å². The molecule has 1 N–H and O–H groups in total. The van der Waals surface area contributed by atoms with E-state index in [1.165, 1.54) is 6.07 Å². The maximum Gasteiger partial charge on any atom is 0.273 e. The fourth-order valence-corrected chi connectivity index (χ4v) is 2.51. The number of hydrogen-bond acceptors (Lipinski definition) is 4. The second-order valence-corrected chi connectivity index (χ2v) is 5.36. The number of hydrogen-bond donors (Lipinski definition) is 1. The maximum absolute atomic E-state index is 12.3. The lowest BCUT2D eigenvalue weighted by Gasteiger charge is -2.18. The van der Waals surface area contributed by atoms with Gasteiger partial charge in [0.2, 0.25) is 5.91 Å². The van der Waals surface area contributed by atoms with Crippen molar-refractivity contribution in [1.82, 2.24) is 5.32 Å². The average molecular weight is 328 g/mol. The van der Waals surface area contributed by atoms with Crippen LogP contribution in [0, 0.1) is 10.1 Å². The number of methoxy groups -OCH3 is 1. The molecule has 0 radical (unpaired) electrons. The predicted molar refractivity (Wildman–Crippen MR) is 91.0 cm³/mol. The third-order valence-corrected chi connectivity index (χ3v) is 3.80. The number of nitrogens with zero attached hydrogens (tertiary/aromatic N) is 1. The van der Waals surface area contributed by atoms with Gasteiger partial charge in [0.05, 0.1) is 24.5 Å². The third kappa shape index (κ3) is 4.32. The fraction of sp³-hybridized carbons (Fsp3) is 0.278. The first-order valence-corrected chi connectivity index (χ1v) is 7.70. The van der Waals surface area contributed by atoms with Gasteiger partial charge in [-0.25, -0.2) is 0 Å². The van der Waals surface area contributed by atoms with Crippen LogP contribution in [-0.4, -0.2) is 17.9 Å². The van der Waals surface area contributed by atoms with Crippen molar-refractivity contribution in [2.45, 2.75) is 25.8 Å². The van der Waals surface area contributed by atoms with Crippen molar-refractivity contribution in [3.8, 4) is 5.75 Å². The van der Waals surface area contributed by atoms with E-state index in [1.54, 1.807) is 25.3 Å². The number of benzene rings is 2. The monoisotopic (exact) mass is 328 g/mol. The molecule has 126 valence electrons. The average Bonchev–Trinajstić information content (AvgIpc) is 2.60. The number of para-hydroxylation sites is 1. The number of nitro groups is 1. The van der Waals surface area contributed by atoms with Crippen molar-refractivity contribution in [2.24, 2.45) is 0 Å². The van der Waals surface area contributed by atoms with E-state index in [4.69, 9.17) is 4.74 Å². The molecule has 0 bridgehead atoms. The molecule has 0 spiro atoms. The zero-order valence-corrected chi connectivity index (χ0v) is 13.7. The van der Waals surface area contributed by atoms with Gasteiger partial charge in [0.1, 0.15) is 5.75 Å². The zero-order chi connectivity index (χ0) is 17.5. The minimum atomic E-state index is -0.469. The summed E-state index contributed by atoms with van der Waals surface area (Å²) in [4.78, 5) is 22.9. The molecule has 0 aromatic heterocycles. The van der Waals surface area contributed by atoms with Crippen LogP contribution in [0.25, 0.3) is 0 Å². The Balaban J connectivity index is 2.08. The van der Waals surface area contributed by atoms with Crippen molar-refractivity contribution in [3.05, 3.63) is 69.8 Å². The highest BCUT2D eigenvalue weighted by Gasteiger charge is 2.18. The van der Waals surface area contributed by atoms with Gasteiger partial charge in [-0.3, -0.25) is 14.9 Å². The number of carbonyl (C=O) groups excluding carboxylic acids is 1. The molecule has 6 heteroatoms. The zero-order valence-electron chi connectivity index (χ0n) is 13.7. The first-order valence-electron chi connectivity index (χ1n) is 7.70. The number of ether oxygens (including phenoxy) is 1. The summed E-state index contributed by atoms with van der Waals surface area (Å²) >= 11 is 0. The van der Waals surface area contributed by atoms with Crippen LogP contribution >= 0.6 is 0 Å². The molecule has 2 rings (SSSR count). The lowest BCUT2D eigenvalue weighted by molar-refractivity contribution is -0.385. The van der Waals surface area contributed by atoms with Gasteiger partial charge in [0, 0.05) is 11.6 Å². The van der Waals surface area contributed by atoms with E-state index in [9.17, 15) is 14.9 Å². The standard InChI is InChI=1S/C18H20N2O4/c1-3-16(13-8-10-15(24-2)11-9-13)19-18(21)12-14-6-4-5-7-17(14)20(22)23/h4-11,16H,3,12H2,1-2H3,(H,19,21)/t16-/m0/s1. The van der Waals surface area contributed by atoms with Crippen molar-refractivity contribution in [3.63, 3.8) is 0 Å². The second-order valence-electron chi connectivity index (χ2n) is 5.36. The molecular formula is C18H20N2O4.